The zero-order valence-electron chi connectivity index (χ0n) is 11.1. The van der Waals surface area contributed by atoms with Gasteiger partial charge in [0.15, 0.2) is 0 Å². The third-order valence-electron chi connectivity index (χ3n) is 4.31. The van der Waals surface area contributed by atoms with Crippen LogP contribution in [0.5, 0.6) is 0 Å². The number of nitrogens with zero attached hydrogens (tertiary/aromatic N) is 3. The first-order valence-electron chi connectivity index (χ1n) is 7.01. The molecular formula is C15H20N4. The molecule has 0 radical (unpaired) electrons. The van der Waals surface area contributed by atoms with Crippen molar-refractivity contribution in [2.24, 2.45) is 5.73 Å². The molecule has 1 aromatic carbocycles. The Morgan fingerprint density at radius 2 is 1.84 bits per heavy atom. The van der Waals surface area contributed by atoms with E-state index in [1.807, 2.05) is 6.07 Å². The maximum absolute atomic E-state index is 6.10. The van der Waals surface area contributed by atoms with Crippen molar-refractivity contribution < 1.29 is 0 Å². The van der Waals surface area contributed by atoms with Crippen LogP contribution in [0.2, 0.25) is 0 Å². The topological polar surface area (TPSA) is 56.7 Å². The Kier molecular flexibility index (Phi) is 3.34. The van der Waals surface area contributed by atoms with Crippen LogP contribution in [0.15, 0.2) is 36.7 Å². The molecule has 2 N–H and O–H groups in total. The average molecular weight is 256 g/mol. The molecule has 2 aromatic rings. The molecule has 0 bridgehead atoms. The van der Waals surface area contributed by atoms with Gasteiger partial charge in [-0.25, -0.2) is 0 Å². The van der Waals surface area contributed by atoms with Gasteiger partial charge in [-0.05, 0) is 30.5 Å². The Labute approximate surface area is 113 Å². The second-order valence-corrected chi connectivity index (χ2v) is 5.41. The van der Waals surface area contributed by atoms with E-state index in [0.717, 1.165) is 12.2 Å². The maximum atomic E-state index is 6.10. The van der Waals surface area contributed by atoms with Gasteiger partial charge in [0.05, 0.1) is 18.1 Å². The van der Waals surface area contributed by atoms with Gasteiger partial charge in [0.1, 0.15) is 0 Å². The standard InChI is InChI=1S/C15H20N4/c16-12-15(7-2-1-3-8-15)13-5-4-6-14(11-13)19-17-9-10-18-19/h4-6,9-11H,1-3,7-8,12,16H2. The minimum atomic E-state index is 0.154. The molecule has 0 aliphatic heterocycles. The van der Waals surface area contributed by atoms with Crippen LogP contribution in [0, 0.1) is 0 Å². The Morgan fingerprint density at radius 3 is 2.53 bits per heavy atom. The molecule has 0 atom stereocenters. The van der Waals surface area contributed by atoms with E-state index in [-0.39, 0.29) is 5.41 Å². The normalized spacial score (nSPS) is 18.4. The van der Waals surface area contributed by atoms with Crippen molar-refractivity contribution in [2.45, 2.75) is 37.5 Å². The molecule has 1 saturated carbocycles. The van der Waals surface area contributed by atoms with Gasteiger partial charge in [-0.3, -0.25) is 0 Å². The van der Waals surface area contributed by atoms with Gasteiger partial charge in [0.25, 0.3) is 0 Å². The predicted octanol–water partition coefficient (Wildman–Crippen LogP) is 2.43. The zero-order valence-corrected chi connectivity index (χ0v) is 11.1. The number of hydrogen-bond acceptors (Lipinski definition) is 3. The Balaban J connectivity index is 1.98. The van der Waals surface area contributed by atoms with Gasteiger partial charge in [0.2, 0.25) is 0 Å². The van der Waals surface area contributed by atoms with Gasteiger partial charge >= 0.3 is 0 Å². The van der Waals surface area contributed by atoms with Crippen LogP contribution in [-0.4, -0.2) is 21.5 Å². The lowest BCUT2D eigenvalue weighted by atomic mass is 9.69. The van der Waals surface area contributed by atoms with Gasteiger partial charge in [0, 0.05) is 12.0 Å². The molecule has 1 aliphatic rings. The molecule has 100 valence electrons. The molecule has 1 heterocycles. The first kappa shape index (κ1) is 12.4. The number of hydrogen-bond donors (Lipinski definition) is 1. The molecule has 0 amide bonds. The van der Waals surface area contributed by atoms with Crippen molar-refractivity contribution in [1.29, 1.82) is 0 Å². The first-order chi connectivity index (χ1) is 9.34. The van der Waals surface area contributed by atoms with Gasteiger partial charge in [-0.2, -0.15) is 15.0 Å². The third-order valence-corrected chi connectivity index (χ3v) is 4.31. The fourth-order valence-electron chi connectivity index (χ4n) is 3.15. The monoisotopic (exact) mass is 256 g/mol. The lowest BCUT2D eigenvalue weighted by Gasteiger charge is -2.37. The van der Waals surface area contributed by atoms with E-state index in [2.05, 4.69) is 28.4 Å². The third kappa shape index (κ3) is 2.28. The summed E-state index contributed by atoms with van der Waals surface area (Å²) in [4.78, 5) is 1.66. The molecule has 4 nitrogen and oxygen atoms in total. The number of benzene rings is 1. The number of aromatic nitrogens is 3. The Morgan fingerprint density at radius 1 is 1.11 bits per heavy atom. The van der Waals surface area contributed by atoms with Crippen LogP contribution in [0.25, 0.3) is 5.69 Å². The van der Waals surface area contributed by atoms with Crippen LogP contribution in [0.3, 0.4) is 0 Å². The van der Waals surface area contributed by atoms with Crippen LogP contribution >= 0.6 is 0 Å². The van der Waals surface area contributed by atoms with Crippen LogP contribution in [0.4, 0.5) is 0 Å². The van der Waals surface area contributed by atoms with E-state index in [0.29, 0.717) is 0 Å². The van der Waals surface area contributed by atoms with Crippen LogP contribution in [-0.2, 0) is 5.41 Å². The quantitative estimate of drug-likeness (QED) is 0.917. The van der Waals surface area contributed by atoms with E-state index in [1.165, 1.54) is 37.7 Å². The lowest BCUT2D eigenvalue weighted by molar-refractivity contribution is 0.300. The predicted molar refractivity (Wildman–Crippen MR) is 75.2 cm³/mol. The van der Waals surface area contributed by atoms with Crippen molar-refractivity contribution in [1.82, 2.24) is 15.0 Å². The highest BCUT2D eigenvalue weighted by Crippen LogP contribution is 2.39. The summed E-state index contributed by atoms with van der Waals surface area (Å²) in [6.45, 7) is 0.725. The fraction of sp³-hybridized carbons (Fsp3) is 0.467. The van der Waals surface area contributed by atoms with E-state index < -0.39 is 0 Å². The van der Waals surface area contributed by atoms with Gasteiger partial charge in [-0.1, -0.05) is 31.4 Å². The number of nitrogens with two attached hydrogens (primary N) is 1. The molecule has 1 aromatic heterocycles. The summed E-state index contributed by atoms with van der Waals surface area (Å²) >= 11 is 0. The summed E-state index contributed by atoms with van der Waals surface area (Å²) in [5, 5.41) is 8.39. The SMILES string of the molecule is NCC1(c2cccc(-n3nccn3)c2)CCCCC1. The summed E-state index contributed by atoms with van der Waals surface area (Å²) in [5.41, 5.74) is 8.61. The Bertz CT molecular complexity index is 527. The minimum Gasteiger partial charge on any atom is -0.330 e. The van der Waals surface area contributed by atoms with Gasteiger partial charge in [-0.15, -0.1) is 0 Å². The molecule has 0 spiro atoms. The molecular weight excluding hydrogens is 236 g/mol. The molecule has 1 aliphatic carbocycles. The second kappa shape index (κ2) is 5.13. The van der Waals surface area contributed by atoms with Crippen molar-refractivity contribution >= 4 is 0 Å². The molecule has 0 saturated heterocycles. The maximum Gasteiger partial charge on any atom is 0.0859 e. The minimum absolute atomic E-state index is 0.154. The molecule has 1 fully saturated rings. The summed E-state index contributed by atoms with van der Waals surface area (Å²) in [7, 11) is 0. The Hall–Kier alpha value is -1.68. The van der Waals surface area contributed by atoms with E-state index in [1.54, 1.807) is 17.2 Å². The molecule has 19 heavy (non-hydrogen) atoms. The van der Waals surface area contributed by atoms with Crippen molar-refractivity contribution in [2.75, 3.05) is 6.54 Å². The van der Waals surface area contributed by atoms with Crippen molar-refractivity contribution in [3.8, 4) is 5.69 Å². The van der Waals surface area contributed by atoms with Crippen LogP contribution < -0.4 is 5.73 Å². The van der Waals surface area contributed by atoms with E-state index >= 15 is 0 Å². The summed E-state index contributed by atoms with van der Waals surface area (Å²) in [6.07, 6.45) is 9.68. The number of rotatable bonds is 3. The molecule has 4 heteroatoms. The summed E-state index contributed by atoms with van der Waals surface area (Å²) < 4.78 is 0. The van der Waals surface area contributed by atoms with Crippen LogP contribution in [0.1, 0.15) is 37.7 Å². The van der Waals surface area contributed by atoms with E-state index in [4.69, 9.17) is 5.73 Å². The second-order valence-electron chi connectivity index (χ2n) is 5.41. The molecule has 3 rings (SSSR count). The summed E-state index contributed by atoms with van der Waals surface area (Å²) in [5.74, 6) is 0. The van der Waals surface area contributed by atoms with Crippen molar-refractivity contribution in [3.05, 3.63) is 42.2 Å². The molecule has 0 unspecified atom stereocenters. The highest BCUT2D eigenvalue weighted by molar-refractivity contribution is 5.38. The largest absolute Gasteiger partial charge is 0.330 e. The lowest BCUT2D eigenvalue weighted by Crippen LogP contribution is -2.37. The van der Waals surface area contributed by atoms with E-state index in [9.17, 15) is 0 Å². The first-order valence-corrected chi connectivity index (χ1v) is 7.01. The summed E-state index contributed by atoms with van der Waals surface area (Å²) in [6, 6.07) is 8.51. The van der Waals surface area contributed by atoms with Gasteiger partial charge < -0.3 is 5.73 Å². The average Bonchev–Trinajstić information content (AvgIpc) is 3.02. The highest BCUT2D eigenvalue weighted by atomic mass is 15.5. The van der Waals surface area contributed by atoms with Crippen molar-refractivity contribution in [3.63, 3.8) is 0 Å². The highest BCUT2D eigenvalue weighted by Gasteiger charge is 2.32. The fourth-order valence-corrected chi connectivity index (χ4v) is 3.15. The smallest absolute Gasteiger partial charge is 0.0859 e. The zero-order chi connectivity index (χ0) is 13.1.